The molecule has 0 aliphatic rings. The van der Waals surface area contributed by atoms with Crippen LogP contribution >= 0.6 is 11.6 Å². The average Bonchev–Trinajstić information content (AvgIpc) is 2.51. The van der Waals surface area contributed by atoms with Gasteiger partial charge in [0.1, 0.15) is 11.8 Å². The number of nitrogens with zero attached hydrogens (tertiary/aromatic N) is 1. The maximum Gasteiger partial charge on any atom is 0.340 e. The molecule has 0 N–H and O–H groups in total. The van der Waals surface area contributed by atoms with Gasteiger partial charge in [0.25, 0.3) is 0 Å². The zero-order chi connectivity index (χ0) is 15.1. The highest BCUT2D eigenvalue weighted by atomic mass is 35.5. The molecular formula is C16H18ClNO3. The maximum atomic E-state index is 12.1. The van der Waals surface area contributed by atoms with Gasteiger partial charge in [0.15, 0.2) is 0 Å². The van der Waals surface area contributed by atoms with Gasteiger partial charge in [-0.3, -0.25) is 0 Å². The Hall–Kier alpha value is -1.65. The molecule has 0 bridgehead atoms. The lowest BCUT2D eigenvalue weighted by Crippen LogP contribution is -2.12. The number of unbranched alkanes of at least 4 members (excludes halogenated alkanes) is 1. The second kappa shape index (κ2) is 7.96. The van der Waals surface area contributed by atoms with Crippen LogP contribution in [0.4, 0.5) is 0 Å². The van der Waals surface area contributed by atoms with E-state index in [1.807, 2.05) is 24.3 Å². The molecule has 2 aromatic rings. The van der Waals surface area contributed by atoms with E-state index >= 15 is 0 Å². The number of ether oxygens (including phenoxy) is 2. The Balaban J connectivity index is 1.98. The van der Waals surface area contributed by atoms with E-state index in [0.29, 0.717) is 23.9 Å². The van der Waals surface area contributed by atoms with E-state index in [1.165, 1.54) is 6.20 Å². The number of carbonyl (C=O) groups excluding carboxylic acids is 1. The summed E-state index contributed by atoms with van der Waals surface area (Å²) in [6.45, 7) is 3.44. The van der Waals surface area contributed by atoms with Crippen LogP contribution in [0.3, 0.4) is 0 Å². The van der Waals surface area contributed by atoms with Crippen LogP contribution in [0, 0.1) is 0 Å². The summed E-state index contributed by atoms with van der Waals surface area (Å²) in [5, 5.41) is 1.87. The predicted octanol–water partition coefficient (Wildman–Crippen LogP) is 3.86. The number of pyridine rings is 1. The summed E-state index contributed by atoms with van der Waals surface area (Å²) < 4.78 is 10.6. The van der Waals surface area contributed by atoms with Gasteiger partial charge >= 0.3 is 5.97 Å². The molecule has 0 aliphatic heterocycles. The molecule has 21 heavy (non-hydrogen) atoms. The molecule has 1 aromatic heterocycles. The summed E-state index contributed by atoms with van der Waals surface area (Å²) >= 11 is 6.03. The molecule has 2 rings (SSSR count). The van der Waals surface area contributed by atoms with Gasteiger partial charge in [-0.05, 0) is 6.42 Å². The minimum absolute atomic E-state index is 0.236. The van der Waals surface area contributed by atoms with Crippen molar-refractivity contribution in [1.82, 2.24) is 4.98 Å². The number of fused-ring (bicyclic) bond motifs is 1. The first-order valence-corrected chi connectivity index (χ1v) is 7.40. The predicted molar refractivity (Wildman–Crippen MR) is 82.8 cm³/mol. The van der Waals surface area contributed by atoms with E-state index in [-0.39, 0.29) is 6.61 Å². The molecule has 0 radical (unpaired) electrons. The van der Waals surface area contributed by atoms with Crippen molar-refractivity contribution in [2.45, 2.75) is 19.8 Å². The molecular weight excluding hydrogens is 290 g/mol. The van der Waals surface area contributed by atoms with E-state index in [2.05, 4.69) is 11.9 Å². The zero-order valence-corrected chi connectivity index (χ0v) is 12.7. The second-order valence-corrected chi connectivity index (χ2v) is 4.97. The van der Waals surface area contributed by atoms with Gasteiger partial charge in [0.05, 0.1) is 12.2 Å². The van der Waals surface area contributed by atoms with Crippen molar-refractivity contribution in [2.24, 2.45) is 0 Å². The Morgan fingerprint density at radius 3 is 2.71 bits per heavy atom. The molecule has 5 heteroatoms. The third-order valence-electron chi connectivity index (χ3n) is 3.07. The number of carbonyl (C=O) groups is 1. The Morgan fingerprint density at radius 2 is 1.95 bits per heavy atom. The average molecular weight is 308 g/mol. The van der Waals surface area contributed by atoms with Crippen LogP contribution in [-0.2, 0) is 9.47 Å². The van der Waals surface area contributed by atoms with Gasteiger partial charge in [0.2, 0.25) is 0 Å². The number of halogens is 1. The topological polar surface area (TPSA) is 48.4 Å². The first kappa shape index (κ1) is 15.7. The van der Waals surface area contributed by atoms with Gasteiger partial charge in [0, 0.05) is 23.6 Å². The number of hydrogen-bond donors (Lipinski definition) is 0. The summed E-state index contributed by atoms with van der Waals surface area (Å²) in [6, 6.07) is 7.36. The summed E-state index contributed by atoms with van der Waals surface area (Å²) in [5.41, 5.74) is 0.420. The van der Waals surface area contributed by atoms with Crippen molar-refractivity contribution in [3.63, 3.8) is 0 Å². The quantitative estimate of drug-likeness (QED) is 0.443. The van der Waals surface area contributed by atoms with Crippen LogP contribution in [0.15, 0.2) is 30.5 Å². The number of hydrogen-bond acceptors (Lipinski definition) is 4. The number of aromatic nitrogens is 1. The summed E-state index contributed by atoms with van der Waals surface area (Å²) in [4.78, 5) is 16.1. The van der Waals surface area contributed by atoms with E-state index in [0.717, 1.165) is 23.6 Å². The van der Waals surface area contributed by atoms with Gasteiger partial charge < -0.3 is 9.47 Å². The lowest BCUT2D eigenvalue weighted by Gasteiger charge is -2.08. The normalized spacial score (nSPS) is 10.8. The molecule has 0 unspecified atom stereocenters. The smallest absolute Gasteiger partial charge is 0.340 e. The Kier molecular flexibility index (Phi) is 5.96. The third kappa shape index (κ3) is 4.16. The standard InChI is InChI=1S/C16H18ClNO3/c1-2-3-8-20-9-10-21-16(19)14-11-18-15(17)13-7-5-4-6-12(13)14/h4-7,11H,2-3,8-10H2,1H3. The van der Waals surface area contributed by atoms with E-state index in [1.54, 1.807) is 0 Å². The van der Waals surface area contributed by atoms with Crippen molar-refractivity contribution in [3.8, 4) is 0 Å². The maximum absolute atomic E-state index is 12.1. The molecule has 0 atom stereocenters. The molecule has 1 heterocycles. The van der Waals surface area contributed by atoms with Crippen molar-refractivity contribution in [3.05, 3.63) is 41.2 Å². The number of rotatable bonds is 7. The van der Waals surface area contributed by atoms with Gasteiger partial charge in [-0.2, -0.15) is 0 Å². The highest BCUT2D eigenvalue weighted by molar-refractivity contribution is 6.34. The minimum atomic E-state index is -0.408. The van der Waals surface area contributed by atoms with Crippen LogP contribution in [0.5, 0.6) is 0 Å². The second-order valence-electron chi connectivity index (χ2n) is 4.61. The third-order valence-corrected chi connectivity index (χ3v) is 3.37. The molecule has 0 saturated heterocycles. The molecule has 112 valence electrons. The number of esters is 1. The van der Waals surface area contributed by atoms with E-state index in [9.17, 15) is 4.79 Å². The van der Waals surface area contributed by atoms with E-state index < -0.39 is 5.97 Å². The molecule has 0 fully saturated rings. The summed E-state index contributed by atoms with van der Waals surface area (Å²) in [6.07, 6.45) is 3.55. The van der Waals surface area contributed by atoms with Crippen LogP contribution in [-0.4, -0.2) is 30.8 Å². The minimum Gasteiger partial charge on any atom is -0.460 e. The number of benzene rings is 1. The fourth-order valence-electron chi connectivity index (χ4n) is 1.94. The highest BCUT2D eigenvalue weighted by Gasteiger charge is 2.13. The molecule has 0 amide bonds. The fourth-order valence-corrected chi connectivity index (χ4v) is 2.15. The summed E-state index contributed by atoms with van der Waals surface area (Å²) in [7, 11) is 0. The monoisotopic (exact) mass is 307 g/mol. The van der Waals surface area contributed by atoms with E-state index in [4.69, 9.17) is 21.1 Å². The van der Waals surface area contributed by atoms with Crippen LogP contribution < -0.4 is 0 Å². The highest BCUT2D eigenvalue weighted by Crippen LogP contribution is 2.24. The molecule has 0 spiro atoms. The lowest BCUT2D eigenvalue weighted by atomic mass is 10.1. The van der Waals surface area contributed by atoms with Crippen LogP contribution in [0.2, 0.25) is 5.15 Å². The van der Waals surface area contributed by atoms with Gasteiger partial charge in [-0.15, -0.1) is 0 Å². The Morgan fingerprint density at radius 1 is 1.19 bits per heavy atom. The molecule has 0 aliphatic carbocycles. The summed E-state index contributed by atoms with van der Waals surface area (Å²) in [5.74, 6) is -0.408. The zero-order valence-electron chi connectivity index (χ0n) is 12.0. The lowest BCUT2D eigenvalue weighted by molar-refractivity contribution is 0.0315. The molecule has 0 saturated carbocycles. The van der Waals surface area contributed by atoms with Gasteiger partial charge in [-0.25, -0.2) is 9.78 Å². The van der Waals surface area contributed by atoms with Crippen molar-refractivity contribution < 1.29 is 14.3 Å². The molecule has 4 nitrogen and oxygen atoms in total. The Labute approximate surface area is 129 Å². The first-order valence-electron chi connectivity index (χ1n) is 7.02. The van der Waals surface area contributed by atoms with Crippen LogP contribution in [0.1, 0.15) is 30.1 Å². The fraction of sp³-hybridized carbons (Fsp3) is 0.375. The van der Waals surface area contributed by atoms with Crippen LogP contribution in [0.25, 0.3) is 10.8 Å². The van der Waals surface area contributed by atoms with Crippen molar-refractivity contribution >= 4 is 28.3 Å². The van der Waals surface area contributed by atoms with Gasteiger partial charge in [-0.1, -0.05) is 49.2 Å². The Bertz CT molecular complexity index is 615. The van der Waals surface area contributed by atoms with Crippen molar-refractivity contribution in [2.75, 3.05) is 19.8 Å². The van der Waals surface area contributed by atoms with Crippen molar-refractivity contribution in [1.29, 1.82) is 0 Å². The largest absolute Gasteiger partial charge is 0.460 e. The first-order chi connectivity index (χ1) is 10.2. The molecule has 1 aromatic carbocycles. The SMILES string of the molecule is CCCCOCCOC(=O)c1cnc(Cl)c2ccccc12.